The van der Waals surface area contributed by atoms with Gasteiger partial charge < -0.3 is 5.11 Å². The Morgan fingerprint density at radius 3 is 2.47 bits per heavy atom. The molecule has 1 rings (SSSR count). The average Bonchev–Trinajstić information content (AvgIpc) is 2.29. The van der Waals surface area contributed by atoms with Crippen LogP contribution in [0.25, 0.3) is 0 Å². The Bertz CT molecular complexity index is 246. The summed E-state index contributed by atoms with van der Waals surface area (Å²) in [5.41, 5.74) is 0. The standard InChI is InChI=1S/C16H30O/c1-6-8-11(3)13(5)15-10-14(7-2)12(4)9-16(15)17/h6,8,11-17H,7,9-10H2,1-5H3/b8-6+/t11-,12+,13+,14-,15-,16-/m0/s1. The van der Waals surface area contributed by atoms with Crippen LogP contribution in [-0.4, -0.2) is 11.2 Å². The molecule has 1 N–H and O–H groups in total. The van der Waals surface area contributed by atoms with E-state index in [1.54, 1.807) is 0 Å². The van der Waals surface area contributed by atoms with Crippen LogP contribution in [0.4, 0.5) is 0 Å². The van der Waals surface area contributed by atoms with Crippen molar-refractivity contribution >= 4 is 0 Å². The van der Waals surface area contributed by atoms with E-state index in [2.05, 4.69) is 46.8 Å². The van der Waals surface area contributed by atoms with Crippen LogP contribution in [0.3, 0.4) is 0 Å². The highest BCUT2D eigenvalue weighted by Gasteiger charge is 2.36. The van der Waals surface area contributed by atoms with Gasteiger partial charge in [-0.3, -0.25) is 0 Å². The number of allylic oxidation sites excluding steroid dienone is 2. The van der Waals surface area contributed by atoms with Gasteiger partial charge in [-0.25, -0.2) is 0 Å². The van der Waals surface area contributed by atoms with E-state index in [0.717, 1.165) is 12.3 Å². The molecule has 0 aromatic heterocycles. The van der Waals surface area contributed by atoms with E-state index in [9.17, 15) is 5.11 Å². The minimum Gasteiger partial charge on any atom is -0.393 e. The number of hydrogen-bond donors (Lipinski definition) is 1. The summed E-state index contributed by atoms with van der Waals surface area (Å²) in [5.74, 6) is 3.15. The highest BCUT2D eigenvalue weighted by Crippen LogP contribution is 2.41. The van der Waals surface area contributed by atoms with Gasteiger partial charge in [0.05, 0.1) is 6.10 Å². The first-order valence-corrected chi connectivity index (χ1v) is 7.32. The van der Waals surface area contributed by atoms with Crippen LogP contribution in [-0.2, 0) is 0 Å². The van der Waals surface area contributed by atoms with Crippen molar-refractivity contribution in [2.24, 2.45) is 29.6 Å². The molecule has 0 heterocycles. The molecule has 0 aromatic rings. The van der Waals surface area contributed by atoms with Crippen molar-refractivity contribution in [3.63, 3.8) is 0 Å². The molecular weight excluding hydrogens is 208 g/mol. The Kier molecular flexibility index (Phi) is 5.72. The minimum absolute atomic E-state index is 0.0875. The second-order valence-corrected chi connectivity index (χ2v) is 6.09. The monoisotopic (exact) mass is 238 g/mol. The van der Waals surface area contributed by atoms with E-state index in [4.69, 9.17) is 0 Å². The summed E-state index contributed by atoms with van der Waals surface area (Å²) in [6.45, 7) is 11.2. The topological polar surface area (TPSA) is 20.2 Å². The molecule has 0 unspecified atom stereocenters. The fourth-order valence-corrected chi connectivity index (χ4v) is 3.49. The Morgan fingerprint density at radius 2 is 1.94 bits per heavy atom. The van der Waals surface area contributed by atoms with Crippen molar-refractivity contribution < 1.29 is 5.11 Å². The van der Waals surface area contributed by atoms with Gasteiger partial charge in [-0.15, -0.1) is 0 Å². The lowest BCUT2D eigenvalue weighted by molar-refractivity contribution is -0.0121. The lowest BCUT2D eigenvalue weighted by atomic mass is 9.66. The molecule has 0 aliphatic heterocycles. The van der Waals surface area contributed by atoms with Crippen molar-refractivity contribution in [3.05, 3.63) is 12.2 Å². The molecule has 0 saturated heterocycles. The number of rotatable bonds is 4. The average molecular weight is 238 g/mol. The first-order chi connectivity index (χ1) is 8.01. The molecule has 100 valence electrons. The van der Waals surface area contributed by atoms with Gasteiger partial charge in [-0.2, -0.15) is 0 Å². The van der Waals surface area contributed by atoms with Crippen molar-refractivity contribution in [2.45, 2.75) is 60.0 Å². The summed E-state index contributed by atoms with van der Waals surface area (Å²) in [7, 11) is 0. The van der Waals surface area contributed by atoms with E-state index < -0.39 is 0 Å². The maximum Gasteiger partial charge on any atom is 0.0573 e. The Labute approximate surface area is 107 Å². The van der Waals surface area contributed by atoms with Crippen molar-refractivity contribution in [3.8, 4) is 0 Å². The molecule has 1 saturated carbocycles. The van der Waals surface area contributed by atoms with E-state index in [1.165, 1.54) is 12.8 Å². The molecule has 0 amide bonds. The smallest absolute Gasteiger partial charge is 0.0573 e. The summed E-state index contributed by atoms with van der Waals surface area (Å²) in [6, 6.07) is 0. The summed E-state index contributed by atoms with van der Waals surface area (Å²) in [6.07, 6.45) is 7.79. The van der Waals surface area contributed by atoms with Crippen molar-refractivity contribution in [2.75, 3.05) is 0 Å². The highest BCUT2D eigenvalue weighted by molar-refractivity contribution is 4.93. The molecule has 1 heteroatoms. The third kappa shape index (κ3) is 3.58. The number of aliphatic hydroxyl groups excluding tert-OH is 1. The lowest BCUT2D eigenvalue weighted by Gasteiger charge is -2.41. The molecule has 1 aliphatic rings. The molecule has 0 bridgehead atoms. The molecule has 0 spiro atoms. The zero-order valence-electron chi connectivity index (χ0n) is 12.2. The second kappa shape index (κ2) is 6.58. The molecule has 0 radical (unpaired) electrons. The van der Waals surface area contributed by atoms with Gasteiger partial charge in [0.25, 0.3) is 0 Å². The minimum atomic E-state index is -0.0875. The van der Waals surface area contributed by atoms with Gasteiger partial charge >= 0.3 is 0 Å². The molecule has 1 nitrogen and oxygen atoms in total. The van der Waals surface area contributed by atoms with Crippen LogP contribution in [0, 0.1) is 29.6 Å². The van der Waals surface area contributed by atoms with Crippen LogP contribution < -0.4 is 0 Å². The molecule has 17 heavy (non-hydrogen) atoms. The van der Waals surface area contributed by atoms with Crippen LogP contribution in [0.5, 0.6) is 0 Å². The fraction of sp³-hybridized carbons (Fsp3) is 0.875. The van der Waals surface area contributed by atoms with Gasteiger partial charge in [-0.05, 0) is 49.4 Å². The summed E-state index contributed by atoms with van der Waals surface area (Å²) in [5, 5.41) is 10.3. The van der Waals surface area contributed by atoms with Gasteiger partial charge in [0.2, 0.25) is 0 Å². The SMILES string of the molecule is C/C=C/[C@H](C)[C@@H](C)[C@@H]1C[C@H](CC)[C@H](C)C[C@@H]1O. The first kappa shape index (κ1) is 14.8. The first-order valence-electron chi connectivity index (χ1n) is 7.32. The Hall–Kier alpha value is -0.300. The zero-order chi connectivity index (χ0) is 13.0. The van der Waals surface area contributed by atoms with E-state index in [-0.39, 0.29) is 6.10 Å². The fourth-order valence-electron chi connectivity index (χ4n) is 3.49. The second-order valence-electron chi connectivity index (χ2n) is 6.09. The predicted molar refractivity (Wildman–Crippen MR) is 74.8 cm³/mol. The lowest BCUT2D eigenvalue weighted by Crippen LogP contribution is -2.39. The summed E-state index contributed by atoms with van der Waals surface area (Å²) >= 11 is 0. The van der Waals surface area contributed by atoms with E-state index in [0.29, 0.717) is 23.7 Å². The van der Waals surface area contributed by atoms with Gasteiger partial charge in [0.1, 0.15) is 0 Å². The maximum atomic E-state index is 10.3. The highest BCUT2D eigenvalue weighted by atomic mass is 16.3. The van der Waals surface area contributed by atoms with Crippen molar-refractivity contribution in [1.82, 2.24) is 0 Å². The normalized spacial score (nSPS) is 38.2. The third-order valence-corrected chi connectivity index (χ3v) is 5.01. The molecule has 6 atom stereocenters. The Morgan fingerprint density at radius 1 is 1.29 bits per heavy atom. The maximum absolute atomic E-state index is 10.3. The quantitative estimate of drug-likeness (QED) is 0.725. The van der Waals surface area contributed by atoms with Crippen LogP contribution in [0.2, 0.25) is 0 Å². The predicted octanol–water partition coefficient (Wildman–Crippen LogP) is 4.27. The van der Waals surface area contributed by atoms with Crippen LogP contribution in [0.1, 0.15) is 53.9 Å². The van der Waals surface area contributed by atoms with Gasteiger partial charge in [-0.1, -0.05) is 46.3 Å². The van der Waals surface area contributed by atoms with E-state index >= 15 is 0 Å². The van der Waals surface area contributed by atoms with Crippen molar-refractivity contribution in [1.29, 1.82) is 0 Å². The summed E-state index contributed by atoms with van der Waals surface area (Å²) in [4.78, 5) is 0. The third-order valence-electron chi connectivity index (χ3n) is 5.01. The van der Waals surface area contributed by atoms with Gasteiger partial charge in [0, 0.05) is 0 Å². The molecule has 1 fully saturated rings. The Balaban J connectivity index is 2.68. The zero-order valence-corrected chi connectivity index (χ0v) is 12.2. The molecular formula is C16H30O. The summed E-state index contributed by atoms with van der Waals surface area (Å²) < 4.78 is 0. The molecule has 0 aromatic carbocycles. The molecule has 1 aliphatic carbocycles. The largest absolute Gasteiger partial charge is 0.393 e. The number of hydrogen-bond acceptors (Lipinski definition) is 1. The van der Waals surface area contributed by atoms with Gasteiger partial charge in [0.15, 0.2) is 0 Å². The van der Waals surface area contributed by atoms with Crippen LogP contribution in [0.15, 0.2) is 12.2 Å². The van der Waals surface area contributed by atoms with E-state index in [1.807, 2.05) is 0 Å². The number of aliphatic hydroxyl groups is 1. The van der Waals surface area contributed by atoms with Crippen LogP contribution >= 0.6 is 0 Å².